The monoisotopic (exact) mass is 259 g/mol. The molecule has 0 aliphatic carbocycles. The fourth-order valence-electron chi connectivity index (χ4n) is 1.55. The number of aryl methyl sites for hydroxylation is 1. The normalized spacial score (nSPS) is 10.3. The zero-order valence-corrected chi connectivity index (χ0v) is 10.7. The molecule has 0 saturated carbocycles. The lowest BCUT2D eigenvalue weighted by Gasteiger charge is -2.08. The Kier molecular flexibility index (Phi) is 3.58. The van der Waals surface area contributed by atoms with Crippen LogP contribution in [0.5, 0.6) is 0 Å². The average molecular weight is 259 g/mol. The first-order valence-electron chi connectivity index (χ1n) is 5.44. The van der Waals surface area contributed by atoms with E-state index >= 15 is 0 Å². The second-order valence-corrected chi connectivity index (χ2v) is 5.05. The van der Waals surface area contributed by atoms with Crippen LogP contribution in [0, 0.1) is 6.92 Å². The minimum absolute atomic E-state index is 0.145. The molecular weight excluding hydrogens is 246 g/mol. The number of nitrogen functional groups attached to an aromatic ring is 1. The number of hydrogen-bond acceptors (Lipinski definition) is 3. The van der Waals surface area contributed by atoms with Gasteiger partial charge in [0.05, 0.1) is 11.3 Å². The van der Waals surface area contributed by atoms with Crippen LogP contribution in [0.1, 0.15) is 15.9 Å². The third-order valence-electron chi connectivity index (χ3n) is 2.55. The second kappa shape index (κ2) is 5.14. The maximum absolute atomic E-state index is 11.0. The summed E-state index contributed by atoms with van der Waals surface area (Å²) in [6, 6.07) is 13.1. The highest BCUT2D eigenvalue weighted by atomic mass is 32.2. The van der Waals surface area contributed by atoms with Gasteiger partial charge in [0.15, 0.2) is 0 Å². The molecule has 0 aliphatic rings. The number of benzene rings is 2. The van der Waals surface area contributed by atoms with Crippen LogP contribution in [-0.2, 0) is 0 Å². The number of anilines is 1. The molecule has 0 aromatic heterocycles. The van der Waals surface area contributed by atoms with E-state index in [4.69, 9.17) is 10.8 Å². The van der Waals surface area contributed by atoms with Gasteiger partial charge >= 0.3 is 5.97 Å². The molecule has 4 heteroatoms. The Bertz CT molecular complexity index is 579. The largest absolute Gasteiger partial charge is 0.478 e. The molecule has 3 nitrogen and oxygen atoms in total. The summed E-state index contributed by atoms with van der Waals surface area (Å²) in [6.07, 6.45) is 0. The van der Waals surface area contributed by atoms with Crippen molar-refractivity contribution in [3.63, 3.8) is 0 Å². The van der Waals surface area contributed by atoms with E-state index in [1.54, 1.807) is 6.07 Å². The van der Waals surface area contributed by atoms with Crippen molar-refractivity contribution in [3.8, 4) is 0 Å². The number of rotatable bonds is 3. The van der Waals surface area contributed by atoms with Gasteiger partial charge < -0.3 is 10.8 Å². The van der Waals surface area contributed by atoms with Gasteiger partial charge in [0.1, 0.15) is 0 Å². The highest BCUT2D eigenvalue weighted by Gasteiger charge is 2.11. The Morgan fingerprint density at radius 1 is 1.17 bits per heavy atom. The molecule has 0 fully saturated rings. The van der Waals surface area contributed by atoms with Gasteiger partial charge in [-0.15, -0.1) is 0 Å². The Labute approximate surface area is 110 Å². The number of nitrogens with two attached hydrogens (primary N) is 1. The molecule has 0 heterocycles. The lowest BCUT2D eigenvalue weighted by Crippen LogP contribution is -2.03. The van der Waals surface area contributed by atoms with Crippen LogP contribution in [0.25, 0.3) is 0 Å². The van der Waals surface area contributed by atoms with Gasteiger partial charge in [0.25, 0.3) is 0 Å². The van der Waals surface area contributed by atoms with Crippen molar-refractivity contribution >= 4 is 23.4 Å². The maximum atomic E-state index is 11.0. The average Bonchev–Trinajstić information content (AvgIpc) is 2.34. The van der Waals surface area contributed by atoms with E-state index < -0.39 is 5.97 Å². The van der Waals surface area contributed by atoms with Crippen LogP contribution in [0.3, 0.4) is 0 Å². The van der Waals surface area contributed by atoms with Crippen LogP contribution in [0.4, 0.5) is 5.69 Å². The Balaban J connectivity index is 2.32. The summed E-state index contributed by atoms with van der Waals surface area (Å²) in [4.78, 5) is 12.8. The number of carboxylic acids is 1. The van der Waals surface area contributed by atoms with Gasteiger partial charge in [0.2, 0.25) is 0 Å². The lowest BCUT2D eigenvalue weighted by molar-refractivity contribution is 0.0698. The molecule has 2 rings (SSSR count). The Morgan fingerprint density at radius 2 is 1.83 bits per heavy atom. The zero-order valence-electron chi connectivity index (χ0n) is 9.88. The molecule has 2 aromatic rings. The molecule has 0 saturated heterocycles. The van der Waals surface area contributed by atoms with E-state index in [1.165, 1.54) is 23.4 Å². The van der Waals surface area contributed by atoms with E-state index in [2.05, 4.69) is 0 Å². The number of hydrogen-bond donors (Lipinski definition) is 2. The van der Waals surface area contributed by atoms with Crippen molar-refractivity contribution in [1.82, 2.24) is 0 Å². The summed E-state index contributed by atoms with van der Waals surface area (Å²) in [5, 5.41) is 9.00. The fraction of sp³-hybridized carbons (Fsp3) is 0.0714. The standard InChI is InChI=1S/C14H13NO2S/c1-9-5-7-10(8-6-9)18-12-4-2-3-11(13(12)15)14(16)17/h2-8H,15H2,1H3,(H,16,17). The first-order chi connectivity index (χ1) is 8.58. The van der Waals surface area contributed by atoms with Crippen molar-refractivity contribution in [3.05, 3.63) is 53.6 Å². The summed E-state index contributed by atoms with van der Waals surface area (Å²) >= 11 is 1.47. The van der Waals surface area contributed by atoms with Gasteiger partial charge in [-0.3, -0.25) is 0 Å². The van der Waals surface area contributed by atoms with Gasteiger partial charge in [-0.05, 0) is 31.2 Å². The van der Waals surface area contributed by atoms with Gasteiger partial charge in [0, 0.05) is 9.79 Å². The van der Waals surface area contributed by atoms with E-state index in [0.29, 0.717) is 5.69 Å². The third-order valence-corrected chi connectivity index (χ3v) is 3.63. The fourth-order valence-corrected chi connectivity index (χ4v) is 2.45. The van der Waals surface area contributed by atoms with Crippen molar-refractivity contribution in [2.45, 2.75) is 16.7 Å². The topological polar surface area (TPSA) is 63.3 Å². The molecule has 0 aliphatic heterocycles. The molecule has 0 unspecified atom stereocenters. The molecule has 0 amide bonds. The van der Waals surface area contributed by atoms with Crippen molar-refractivity contribution in [2.24, 2.45) is 0 Å². The number of para-hydroxylation sites is 1. The van der Waals surface area contributed by atoms with Crippen LogP contribution >= 0.6 is 11.8 Å². The molecule has 92 valence electrons. The van der Waals surface area contributed by atoms with Crippen LogP contribution in [0.2, 0.25) is 0 Å². The minimum atomic E-state index is -1.00. The van der Waals surface area contributed by atoms with Crippen LogP contribution < -0.4 is 5.73 Å². The number of carboxylic acid groups (broad SMARTS) is 1. The van der Waals surface area contributed by atoms with E-state index in [1.807, 2.05) is 37.3 Å². The molecule has 3 N–H and O–H groups in total. The number of carbonyl (C=O) groups is 1. The first-order valence-corrected chi connectivity index (χ1v) is 6.26. The van der Waals surface area contributed by atoms with Crippen LogP contribution in [-0.4, -0.2) is 11.1 Å². The predicted molar refractivity (Wildman–Crippen MR) is 73.1 cm³/mol. The van der Waals surface area contributed by atoms with Crippen molar-refractivity contribution < 1.29 is 9.90 Å². The highest BCUT2D eigenvalue weighted by Crippen LogP contribution is 2.33. The third kappa shape index (κ3) is 2.65. The van der Waals surface area contributed by atoms with E-state index in [0.717, 1.165) is 9.79 Å². The molecule has 0 spiro atoms. The summed E-state index contributed by atoms with van der Waals surface area (Å²) < 4.78 is 0. The molecule has 0 bridgehead atoms. The first kappa shape index (κ1) is 12.5. The molecule has 0 radical (unpaired) electrons. The molecule has 0 atom stereocenters. The van der Waals surface area contributed by atoms with Gasteiger partial charge in [-0.1, -0.05) is 35.5 Å². The van der Waals surface area contributed by atoms with Crippen LogP contribution in [0.15, 0.2) is 52.3 Å². The summed E-state index contributed by atoms with van der Waals surface area (Å²) in [6.45, 7) is 2.02. The lowest BCUT2D eigenvalue weighted by atomic mass is 10.2. The summed E-state index contributed by atoms with van der Waals surface area (Å²) in [5.74, 6) is -1.00. The summed E-state index contributed by atoms with van der Waals surface area (Å²) in [5.41, 5.74) is 7.51. The Morgan fingerprint density at radius 3 is 2.44 bits per heavy atom. The Hall–Kier alpha value is -1.94. The molecule has 18 heavy (non-hydrogen) atoms. The maximum Gasteiger partial charge on any atom is 0.337 e. The zero-order chi connectivity index (χ0) is 13.1. The number of aromatic carboxylic acids is 1. The van der Waals surface area contributed by atoms with Crippen molar-refractivity contribution in [1.29, 1.82) is 0 Å². The van der Waals surface area contributed by atoms with E-state index in [9.17, 15) is 4.79 Å². The smallest absolute Gasteiger partial charge is 0.337 e. The molecular formula is C14H13NO2S. The SMILES string of the molecule is Cc1ccc(Sc2cccc(C(=O)O)c2N)cc1. The minimum Gasteiger partial charge on any atom is -0.478 e. The highest BCUT2D eigenvalue weighted by molar-refractivity contribution is 7.99. The quantitative estimate of drug-likeness (QED) is 0.829. The second-order valence-electron chi connectivity index (χ2n) is 3.94. The van der Waals surface area contributed by atoms with E-state index in [-0.39, 0.29) is 5.56 Å². The molecule has 2 aromatic carbocycles. The summed E-state index contributed by atoms with van der Waals surface area (Å²) in [7, 11) is 0. The predicted octanol–water partition coefficient (Wildman–Crippen LogP) is 3.43. The van der Waals surface area contributed by atoms with Gasteiger partial charge in [-0.2, -0.15) is 0 Å². The van der Waals surface area contributed by atoms with Gasteiger partial charge in [-0.25, -0.2) is 4.79 Å². The van der Waals surface area contributed by atoms with Crippen molar-refractivity contribution in [2.75, 3.05) is 5.73 Å².